The second kappa shape index (κ2) is 8.92. The fourth-order valence-corrected chi connectivity index (χ4v) is 1.89. The number of amides is 3. The molecule has 0 spiro atoms. The van der Waals surface area contributed by atoms with E-state index >= 15 is 0 Å². The second-order valence-electron chi connectivity index (χ2n) is 6.51. The molecule has 0 aliphatic rings. The molecule has 0 saturated heterocycles. The molecule has 9 heteroatoms. The van der Waals surface area contributed by atoms with Gasteiger partial charge in [-0.15, -0.1) is 0 Å². The van der Waals surface area contributed by atoms with Crippen LogP contribution in [0.25, 0.3) is 0 Å². The Bertz CT molecular complexity index is 570. The zero-order valence-corrected chi connectivity index (χ0v) is 14.1. The van der Waals surface area contributed by atoms with Crippen molar-refractivity contribution in [1.29, 1.82) is 0 Å². The Labute approximate surface area is 140 Å². The van der Waals surface area contributed by atoms with Crippen LogP contribution in [-0.2, 0) is 9.59 Å². The normalized spacial score (nSPS) is 12.3. The smallest absolute Gasteiger partial charge is 0.272 e. The predicted octanol–water partition coefficient (Wildman–Crippen LogP) is -0.493. The van der Waals surface area contributed by atoms with Gasteiger partial charge in [0.1, 0.15) is 11.7 Å². The van der Waals surface area contributed by atoms with E-state index in [9.17, 15) is 14.4 Å². The molecule has 0 saturated carbocycles. The van der Waals surface area contributed by atoms with E-state index in [4.69, 9.17) is 5.73 Å². The molecule has 1 rings (SSSR count). The van der Waals surface area contributed by atoms with Crippen molar-refractivity contribution in [2.24, 2.45) is 11.1 Å². The van der Waals surface area contributed by atoms with Crippen LogP contribution < -0.4 is 21.9 Å². The van der Waals surface area contributed by atoms with Crippen molar-refractivity contribution in [2.45, 2.75) is 39.7 Å². The topological polar surface area (TPSA) is 139 Å². The number of nitrogens with zero attached hydrogens (tertiary/aromatic N) is 2. The molecule has 0 aromatic carbocycles. The van der Waals surface area contributed by atoms with Gasteiger partial charge in [-0.2, -0.15) is 0 Å². The summed E-state index contributed by atoms with van der Waals surface area (Å²) in [5.74, 6) is -1.37. The zero-order chi connectivity index (χ0) is 18.2. The number of hydrazine groups is 1. The summed E-state index contributed by atoms with van der Waals surface area (Å²) in [6.45, 7) is 6.09. The van der Waals surface area contributed by atoms with E-state index in [2.05, 4.69) is 26.1 Å². The van der Waals surface area contributed by atoms with Crippen LogP contribution in [0, 0.1) is 5.41 Å². The van der Waals surface area contributed by atoms with Gasteiger partial charge in [-0.1, -0.05) is 20.8 Å². The Morgan fingerprint density at radius 2 is 1.96 bits per heavy atom. The van der Waals surface area contributed by atoms with Gasteiger partial charge in [0.2, 0.25) is 5.91 Å². The maximum Gasteiger partial charge on any atom is 0.272 e. The highest BCUT2D eigenvalue weighted by molar-refractivity contribution is 5.95. The van der Waals surface area contributed by atoms with Crippen LogP contribution in [0.3, 0.4) is 0 Å². The van der Waals surface area contributed by atoms with Gasteiger partial charge < -0.3 is 11.1 Å². The first-order valence-corrected chi connectivity index (χ1v) is 7.57. The van der Waals surface area contributed by atoms with Gasteiger partial charge in [-0.05, 0) is 11.8 Å². The van der Waals surface area contributed by atoms with Crippen molar-refractivity contribution >= 4 is 17.7 Å². The highest BCUT2D eigenvalue weighted by Gasteiger charge is 2.27. The van der Waals surface area contributed by atoms with E-state index in [0.29, 0.717) is 6.42 Å². The Kier molecular flexibility index (Phi) is 7.25. The molecule has 0 fully saturated rings. The summed E-state index contributed by atoms with van der Waals surface area (Å²) >= 11 is 0. The lowest BCUT2D eigenvalue weighted by Crippen LogP contribution is -2.52. The largest absolute Gasteiger partial charge is 0.370 e. The number of nitrogens with one attached hydrogen (secondary N) is 3. The Morgan fingerprint density at radius 3 is 2.50 bits per heavy atom. The number of carbonyl (C=O) groups excluding carboxylic acids is 3. The minimum atomic E-state index is -0.763. The van der Waals surface area contributed by atoms with Crippen molar-refractivity contribution in [1.82, 2.24) is 26.1 Å². The molecule has 1 heterocycles. The molecule has 0 bridgehead atoms. The van der Waals surface area contributed by atoms with Crippen molar-refractivity contribution in [3.05, 3.63) is 24.3 Å². The van der Waals surface area contributed by atoms with Gasteiger partial charge in [-0.3, -0.25) is 24.8 Å². The molecule has 0 radical (unpaired) electrons. The summed E-state index contributed by atoms with van der Waals surface area (Å²) in [6, 6.07) is -0.763. The van der Waals surface area contributed by atoms with E-state index in [0.717, 1.165) is 0 Å². The second-order valence-corrected chi connectivity index (χ2v) is 6.51. The number of aromatic nitrogens is 2. The van der Waals surface area contributed by atoms with Crippen molar-refractivity contribution in [3.63, 3.8) is 0 Å². The van der Waals surface area contributed by atoms with Crippen LogP contribution in [0.5, 0.6) is 0 Å². The molecule has 1 aromatic rings. The molecule has 24 heavy (non-hydrogen) atoms. The van der Waals surface area contributed by atoms with Gasteiger partial charge in [-0.25, -0.2) is 10.4 Å². The van der Waals surface area contributed by atoms with Gasteiger partial charge in [0.25, 0.3) is 11.8 Å². The predicted molar refractivity (Wildman–Crippen MR) is 87.3 cm³/mol. The van der Waals surface area contributed by atoms with E-state index in [-0.39, 0.29) is 24.1 Å². The summed E-state index contributed by atoms with van der Waals surface area (Å²) in [5.41, 5.74) is 10.0. The summed E-state index contributed by atoms with van der Waals surface area (Å²) in [6.07, 6.45) is 4.70. The van der Waals surface area contributed by atoms with E-state index < -0.39 is 23.8 Å². The van der Waals surface area contributed by atoms with Crippen molar-refractivity contribution in [3.8, 4) is 0 Å². The molecular formula is C15H24N6O3. The van der Waals surface area contributed by atoms with E-state index in [1.165, 1.54) is 18.6 Å². The third kappa shape index (κ3) is 7.63. The first kappa shape index (κ1) is 19.5. The molecule has 1 aromatic heterocycles. The lowest BCUT2D eigenvalue weighted by molar-refractivity contribution is -0.125. The first-order valence-electron chi connectivity index (χ1n) is 7.57. The van der Waals surface area contributed by atoms with Gasteiger partial charge >= 0.3 is 0 Å². The van der Waals surface area contributed by atoms with Crippen molar-refractivity contribution < 1.29 is 14.4 Å². The lowest BCUT2D eigenvalue weighted by Gasteiger charge is -2.26. The molecular weight excluding hydrogens is 312 g/mol. The molecule has 132 valence electrons. The Balaban J connectivity index is 2.67. The zero-order valence-electron chi connectivity index (χ0n) is 14.1. The van der Waals surface area contributed by atoms with Crippen LogP contribution in [0.15, 0.2) is 18.6 Å². The van der Waals surface area contributed by atoms with E-state index in [1.54, 1.807) is 0 Å². The minimum absolute atomic E-state index is 0.0934. The maximum absolute atomic E-state index is 12.3. The minimum Gasteiger partial charge on any atom is -0.370 e. The highest BCUT2D eigenvalue weighted by Crippen LogP contribution is 2.21. The number of carbonyl (C=O) groups is 3. The van der Waals surface area contributed by atoms with Gasteiger partial charge in [0.05, 0.1) is 6.20 Å². The quantitative estimate of drug-likeness (QED) is 0.373. The third-order valence-corrected chi connectivity index (χ3v) is 2.94. The van der Waals surface area contributed by atoms with Crippen LogP contribution in [0.2, 0.25) is 0 Å². The SMILES string of the molecule is CC(C)(C)CC(NC(=O)c1cnccn1)C(=O)NNCCC(N)=O. The molecule has 0 aliphatic carbocycles. The fraction of sp³-hybridized carbons (Fsp3) is 0.533. The average Bonchev–Trinajstić information content (AvgIpc) is 2.50. The number of rotatable bonds is 8. The Hall–Kier alpha value is -2.55. The summed E-state index contributed by atoms with van der Waals surface area (Å²) < 4.78 is 0. The van der Waals surface area contributed by atoms with Crippen LogP contribution in [0.4, 0.5) is 0 Å². The summed E-state index contributed by atoms with van der Waals surface area (Å²) in [4.78, 5) is 42.9. The lowest BCUT2D eigenvalue weighted by atomic mass is 9.87. The number of hydrogen-bond donors (Lipinski definition) is 4. The molecule has 5 N–H and O–H groups in total. The number of nitrogens with two attached hydrogens (primary N) is 1. The summed E-state index contributed by atoms with van der Waals surface area (Å²) in [7, 11) is 0. The van der Waals surface area contributed by atoms with Crippen molar-refractivity contribution in [2.75, 3.05) is 6.54 Å². The number of hydrogen-bond acceptors (Lipinski definition) is 6. The molecule has 3 amide bonds. The summed E-state index contributed by atoms with van der Waals surface area (Å²) in [5, 5.41) is 2.65. The Morgan fingerprint density at radius 1 is 1.25 bits per heavy atom. The fourth-order valence-electron chi connectivity index (χ4n) is 1.89. The van der Waals surface area contributed by atoms with Gasteiger partial charge in [0.15, 0.2) is 0 Å². The first-order chi connectivity index (χ1) is 11.2. The maximum atomic E-state index is 12.3. The molecule has 9 nitrogen and oxygen atoms in total. The monoisotopic (exact) mass is 336 g/mol. The highest BCUT2D eigenvalue weighted by atomic mass is 16.2. The average molecular weight is 336 g/mol. The standard InChI is InChI=1S/C15H24N6O3/c1-15(2,3)8-10(14(24)21-19-5-4-12(16)22)20-13(23)11-9-17-6-7-18-11/h6-7,9-10,19H,4-5,8H2,1-3H3,(H2,16,22)(H,20,23)(H,21,24). The van der Waals surface area contributed by atoms with Crippen LogP contribution in [-0.4, -0.2) is 40.3 Å². The molecule has 0 aliphatic heterocycles. The third-order valence-electron chi connectivity index (χ3n) is 2.94. The van der Waals surface area contributed by atoms with E-state index in [1.807, 2.05) is 20.8 Å². The molecule has 1 unspecified atom stereocenters. The number of primary amides is 1. The van der Waals surface area contributed by atoms with Crippen LogP contribution in [0.1, 0.15) is 44.1 Å². The van der Waals surface area contributed by atoms with Gasteiger partial charge in [0, 0.05) is 25.4 Å². The molecule has 1 atom stereocenters. The van der Waals surface area contributed by atoms with Crippen LogP contribution >= 0.6 is 0 Å².